The quantitative estimate of drug-likeness (QED) is 0.900. The van der Waals surface area contributed by atoms with Gasteiger partial charge in [-0.2, -0.15) is 0 Å². The molecular weight excluding hydrogens is 322 g/mol. The van der Waals surface area contributed by atoms with E-state index in [-0.39, 0.29) is 16.4 Å². The maximum Gasteiger partial charge on any atom is 0.241 e. The van der Waals surface area contributed by atoms with Gasteiger partial charge >= 0.3 is 0 Å². The van der Waals surface area contributed by atoms with Crippen molar-refractivity contribution in [1.82, 2.24) is 4.72 Å². The van der Waals surface area contributed by atoms with E-state index in [1.54, 1.807) is 19.1 Å². The first-order valence-corrected chi connectivity index (χ1v) is 10.9. The fourth-order valence-electron chi connectivity index (χ4n) is 3.35. The van der Waals surface area contributed by atoms with Gasteiger partial charge in [-0.25, -0.2) is 21.6 Å². The average Bonchev–Trinajstić information content (AvgIpc) is 2.71. The van der Waals surface area contributed by atoms with E-state index in [1.807, 2.05) is 6.07 Å². The molecule has 1 aromatic carbocycles. The number of sulfone groups is 1. The van der Waals surface area contributed by atoms with Crippen LogP contribution in [0.1, 0.15) is 37.3 Å². The monoisotopic (exact) mass is 343 g/mol. The minimum atomic E-state index is -3.70. The standard InChI is InChI=1S/C15H21NO4S2/c1-15(8-9-21(17,18)11-15)16-22(19,20)14-7-6-12-4-2-3-5-13(12)10-14/h6-7,10,16H,2-5,8-9,11H2,1H3. The van der Waals surface area contributed by atoms with Crippen LogP contribution in [-0.2, 0) is 32.7 Å². The van der Waals surface area contributed by atoms with Gasteiger partial charge in [0.2, 0.25) is 10.0 Å². The van der Waals surface area contributed by atoms with Crippen LogP contribution in [0.5, 0.6) is 0 Å². The third kappa shape index (κ3) is 3.21. The molecule has 22 heavy (non-hydrogen) atoms. The maximum atomic E-state index is 12.6. The van der Waals surface area contributed by atoms with Gasteiger partial charge in [0.05, 0.1) is 16.4 Å². The number of sulfonamides is 1. The van der Waals surface area contributed by atoms with Gasteiger partial charge in [-0.3, -0.25) is 0 Å². The zero-order valence-electron chi connectivity index (χ0n) is 12.6. The molecule has 0 amide bonds. The molecule has 1 N–H and O–H groups in total. The highest BCUT2D eigenvalue weighted by molar-refractivity contribution is 7.92. The van der Waals surface area contributed by atoms with Crippen LogP contribution >= 0.6 is 0 Å². The lowest BCUT2D eigenvalue weighted by molar-refractivity contribution is 0.461. The zero-order valence-corrected chi connectivity index (χ0v) is 14.3. The molecule has 1 saturated heterocycles. The van der Waals surface area contributed by atoms with Crippen molar-refractivity contribution in [2.45, 2.75) is 49.5 Å². The second kappa shape index (κ2) is 5.32. The number of hydrogen-bond donors (Lipinski definition) is 1. The Morgan fingerprint density at radius 3 is 2.45 bits per heavy atom. The van der Waals surface area contributed by atoms with Crippen LogP contribution in [0.3, 0.4) is 0 Å². The van der Waals surface area contributed by atoms with Crippen LogP contribution in [-0.4, -0.2) is 33.9 Å². The second-order valence-electron chi connectivity index (χ2n) is 6.65. The summed E-state index contributed by atoms with van der Waals surface area (Å²) in [6.07, 6.45) is 4.45. The summed E-state index contributed by atoms with van der Waals surface area (Å²) in [5.41, 5.74) is 1.41. The first-order valence-electron chi connectivity index (χ1n) is 7.55. The molecule has 1 unspecified atom stereocenters. The summed E-state index contributed by atoms with van der Waals surface area (Å²) in [7, 11) is -6.85. The smallest absolute Gasteiger partial charge is 0.229 e. The number of nitrogens with one attached hydrogen (secondary N) is 1. The van der Waals surface area contributed by atoms with Gasteiger partial charge in [0.25, 0.3) is 0 Å². The van der Waals surface area contributed by atoms with E-state index < -0.39 is 25.4 Å². The maximum absolute atomic E-state index is 12.6. The van der Waals surface area contributed by atoms with Crippen molar-refractivity contribution in [3.05, 3.63) is 29.3 Å². The molecule has 1 atom stereocenters. The highest BCUT2D eigenvalue weighted by atomic mass is 32.2. The van der Waals surface area contributed by atoms with Gasteiger partial charge in [0, 0.05) is 5.54 Å². The Kier molecular flexibility index (Phi) is 3.86. The van der Waals surface area contributed by atoms with Crippen molar-refractivity contribution in [2.24, 2.45) is 0 Å². The molecule has 2 aliphatic rings. The van der Waals surface area contributed by atoms with Crippen LogP contribution in [0.25, 0.3) is 0 Å². The Morgan fingerprint density at radius 1 is 1.14 bits per heavy atom. The first kappa shape index (κ1) is 16.0. The molecule has 1 aliphatic heterocycles. The van der Waals surface area contributed by atoms with Crippen LogP contribution in [0.2, 0.25) is 0 Å². The SMILES string of the molecule is CC1(NS(=O)(=O)c2ccc3c(c2)CCCC3)CCS(=O)(=O)C1. The fraction of sp³-hybridized carbons (Fsp3) is 0.600. The van der Waals surface area contributed by atoms with Gasteiger partial charge < -0.3 is 0 Å². The number of benzene rings is 1. The predicted molar refractivity (Wildman–Crippen MR) is 85.1 cm³/mol. The summed E-state index contributed by atoms with van der Waals surface area (Å²) < 4.78 is 51.0. The average molecular weight is 343 g/mol. The summed E-state index contributed by atoms with van der Waals surface area (Å²) in [6, 6.07) is 5.25. The van der Waals surface area contributed by atoms with Gasteiger partial charge in [0.1, 0.15) is 0 Å². The van der Waals surface area contributed by atoms with E-state index in [4.69, 9.17) is 0 Å². The fourth-order valence-corrected chi connectivity index (χ4v) is 7.02. The molecule has 3 rings (SSSR count). The topological polar surface area (TPSA) is 80.3 Å². The van der Waals surface area contributed by atoms with E-state index in [2.05, 4.69) is 4.72 Å². The molecule has 5 nitrogen and oxygen atoms in total. The Morgan fingerprint density at radius 2 is 1.82 bits per heavy atom. The molecule has 1 aliphatic carbocycles. The second-order valence-corrected chi connectivity index (χ2v) is 10.5. The molecule has 1 aromatic rings. The Hall–Kier alpha value is -0.920. The minimum Gasteiger partial charge on any atom is -0.229 e. The zero-order chi connectivity index (χ0) is 16.0. The molecule has 1 heterocycles. The molecule has 0 spiro atoms. The molecule has 0 radical (unpaired) electrons. The van der Waals surface area contributed by atoms with E-state index in [0.717, 1.165) is 31.2 Å². The lowest BCUT2D eigenvalue weighted by atomic mass is 9.92. The molecule has 0 bridgehead atoms. The molecule has 7 heteroatoms. The summed E-state index contributed by atoms with van der Waals surface area (Å²) in [4.78, 5) is 0.235. The largest absolute Gasteiger partial charge is 0.241 e. The van der Waals surface area contributed by atoms with Crippen molar-refractivity contribution >= 4 is 19.9 Å². The van der Waals surface area contributed by atoms with E-state index >= 15 is 0 Å². The van der Waals surface area contributed by atoms with Crippen molar-refractivity contribution < 1.29 is 16.8 Å². The normalized spacial score (nSPS) is 27.5. The third-order valence-electron chi connectivity index (χ3n) is 4.51. The van der Waals surface area contributed by atoms with Crippen molar-refractivity contribution in [2.75, 3.05) is 11.5 Å². The first-order chi connectivity index (χ1) is 10.2. The number of aryl methyl sites for hydroxylation is 2. The van der Waals surface area contributed by atoms with Crippen molar-refractivity contribution in [3.8, 4) is 0 Å². The summed E-state index contributed by atoms with van der Waals surface area (Å²) in [5, 5.41) is 0. The van der Waals surface area contributed by atoms with Crippen molar-refractivity contribution in [1.29, 1.82) is 0 Å². The van der Waals surface area contributed by atoms with Crippen LogP contribution in [0.4, 0.5) is 0 Å². The lowest BCUT2D eigenvalue weighted by Gasteiger charge is -2.24. The molecule has 122 valence electrons. The predicted octanol–water partition coefficient (Wildman–Crippen LogP) is 1.42. The van der Waals surface area contributed by atoms with E-state index in [1.165, 1.54) is 5.56 Å². The highest BCUT2D eigenvalue weighted by Crippen LogP contribution is 2.27. The number of hydrogen-bond acceptors (Lipinski definition) is 4. The Balaban J connectivity index is 1.87. The molecule has 0 aromatic heterocycles. The third-order valence-corrected chi connectivity index (χ3v) is 8.05. The molecule has 1 fully saturated rings. The van der Waals surface area contributed by atoms with Crippen molar-refractivity contribution in [3.63, 3.8) is 0 Å². The van der Waals surface area contributed by atoms with Crippen LogP contribution in [0.15, 0.2) is 23.1 Å². The van der Waals surface area contributed by atoms with Gasteiger partial charge in [-0.1, -0.05) is 6.07 Å². The minimum absolute atomic E-state index is 0.0379. The lowest BCUT2D eigenvalue weighted by Crippen LogP contribution is -2.46. The summed E-state index contributed by atoms with van der Waals surface area (Å²) in [5.74, 6) is -0.0968. The number of rotatable bonds is 3. The summed E-state index contributed by atoms with van der Waals surface area (Å²) in [6.45, 7) is 1.66. The van der Waals surface area contributed by atoms with E-state index in [0.29, 0.717) is 6.42 Å². The summed E-state index contributed by atoms with van der Waals surface area (Å²) >= 11 is 0. The van der Waals surface area contributed by atoms with Crippen LogP contribution in [0, 0.1) is 0 Å². The van der Waals surface area contributed by atoms with Gasteiger partial charge in [-0.05, 0) is 62.3 Å². The van der Waals surface area contributed by atoms with Crippen LogP contribution < -0.4 is 4.72 Å². The molecule has 0 saturated carbocycles. The number of fused-ring (bicyclic) bond motifs is 1. The highest BCUT2D eigenvalue weighted by Gasteiger charge is 2.41. The van der Waals surface area contributed by atoms with Gasteiger partial charge in [-0.15, -0.1) is 0 Å². The Labute approximate surface area is 132 Å². The molecular formula is C15H21NO4S2. The van der Waals surface area contributed by atoms with E-state index in [9.17, 15) is 16.8 Å². The Bertz CT molecular complexity index is 799. The van der Waals surface area contributed by atoms with Gasteiger partial charge in [0.15, 0.2) is 9.84 Å².